The van der Waals surface area contributed by atoms with Gasteiger partial charge in [-0.3, -0.25) is 9.69 Å². The lowest BCUT2D eigenvalue weighted by Gasteiger charge is -2.21. The average Bonchev–Trinajstić information content (AvgIpc) is 3.13. The molecule has 0 spiro atoms. The maximum Gasteiger partial charge on any atom is 0.222 e. The van der Waals surface area contributed by atoms with E-state index in [-0.39, 0.29) is 5.91 Å². The second-order valence-corrected chi connectivity index (χ2v) is 7.92. The molecule has 0 aromatic carbocycles. The minimum absolute atomic E-state index is 0.288. The van der Waals surface area contributed by atoms with Gasteiger partial charge in [-0.1, -0.05) is 6.07 Å². The fraction of sp³-hybridized carbons (Fsp3) is 0.529. The Balaban J connectivity index is 1.47. The van der Waals surface area contributed by atoms with Crippen molar-refractivity contribution in [2.45, 2.75) is 32.7 Å². The Kier molecular flexibility index (Phi) is 5.80. The minimum atomic E-state index is 0.288. The number of rotatable bonds is 5. The Hall–Kier alpha value is -1.24. The van der Waals surface area contributed by atoms with Gasteiger partial charge in [-0.2, -0.15) is 0 Å². The molecule has 1 amide bonds. The molecule has 1 aliphatic rings. The monoisotopic (exact) mass is 349 g/mol. The molecule has 0 bridgehead atoms. The summed E-state index contributed by atoms with van der Waals surface area (Å²) < 4.78 is 0. The van der Waals surface area contributed by atoms with Crippen molar-refractivity contribution in [3.63, 3.8) is 0 Å². The van der Waals surface area contributed by atoms with Crippen molar-refractivity contribution < 1.29 is 4.79 Å². The molecule has 6 heteroatoms. The number of amides is 1. The van der Waals surface area contributed by atoms with E-state index >= 15 is 0 Å². The Morgan fingerprint density at radius 1 is 1.26 bits per heavy atom. The molecule has 3 heterocycles. The fourth-order valence-corrected chi connectivity index (χ4v) is 4.47. The number of thiazole rings is 1. The largest absolute Gasteiger partial charge is 0.341 e. The Morgan fingerprint density at radius 3 is 2.91 bits per heavy atom. The fourth-order valence-electron chi connectivity index (χ4n) is 2.95. The van der Waals surface area contributed by atoms with Crippen LogP contribution in [-0.4, -0.2) is 46.9 Å². The highest BCUT2D eigenvalue weighted by molar-refractivity contribution is 7.10. The smallest absolute Gasteiger partial charge is 0.222 e. The van der Waals surface area contributed by atoms with E-state index < -0.39 is 0 Å². The first kappa shape index (κ1) is 16.6. The Labute approximate surface area is 145 Å². The van der Waals surface area contributed by atoms with Crippen molar-refractivity contribution in [2.75, 3.05) is 26.2 Å². The van der Waals surface area contributed by atoms with Crippen LogP contribution in [0.25, 0.3) is 0 Å². The molecular weight excluding hydrogens is 326 g/mol. The van der Waals surface area contributed by atoms with Crippen LogP contribution in [0.15, 0.2) is 23.0 Å². The van der Waals surface area contributed by atoms with E-state index in [1.54, 1.807) is 11.3 Å². The number of carbonyl (C=O) groups excluding carboxylic acids is 1. The molecule has 4 nitrogen and oxygen atoms in total. The zero-order chi connectivity index (χ0) is 16.1. The number of aryl methyl sites for hydroxylation is 2. The van der Waals surface area contributed by atoms with Crippen LogP contribution in [0, 0.1) is 6.92 Å². The van der Waals surface area contributed by atoms with Gasteiger partial charge in [0.15, 0.2) is 0 Å². The molecule has 0 saturated carbocycles. The van der Waals surface area contributed by atoms with E-state index in [1.165, 1.54) is 9.75 Å². The Morgan fingerprint density at radius 2 is 2.17 bits per heavy atom. The van der Waals surface area contributed by atoms with Crippen LogP contribution < -0.4 is 0 Å². The van der Waals surface area contributed by atoms with Gasteiger partial charge in [-0.15, -0.1) is 22.7 Å². The third-order valence-electron chi connectivity index (χ3n) is 4.31. The third kappa shape index (κ3) is 4.62. The van der Waals surface area contributed by atoms with Gasteiger partial charge in [0.1, 0.15) is 0 Å². The molecule has 2 aromatic heterocycles. The summed E-state index contributed by atoms with van der Waals surface area (Å²) in [6.07, 6.45) is 2.50. The van der Waals surface area contributed by atoms with Crippen LogP contribution >= 0.6 is 22.7 Å². The summed E-state index contributed by atoms with van der Waals surface area (Å²) in [4.78, 5) is 23.9. The number of thiophene rings is 1. The highest BCUT2D eigenvalue weighted by Gasteiger charge is 2.19. The molecule has 0 N–H and O–H groups in total. The van der Waals surface area contributed by atoms with Crippen LogP contribution in [0.1, 0.15) is 28.3 Å². The lowest BCUT2D eigenvalue weighted by atomic mass is 10.2. The molecule has 3 rings (SSSR count). The van der Waals surface area contributed by atoms with Gasteiger partial charge < -0.3 is 4.90 Å². The van der Waals surface area contributed by atoms with Crippen molar-refractivity contribution >= 4 is 28.6 Å². The summed E-state index contributed by atoms with van der Waals surface area (Å²) >= 11 is 3.47. The molecule has 0 aliphatic carbocycles. The van der Waals surface area contributed by atoms with E-state index in [0.29, 0.717) is 6.42 Å². The van der Waals surface area contributed by atoms with Crippen molar-refractivity contribution in [1.29, 1.82) is 0 Å². The van der Waals surface area contributed by atoms with Crippen LogP contribution in [-0.2, 0) is 17.8 Å². The number of aromatic nitrogens is 1. The predicted molar refractivity (Wildman–Crippen MR) is 96.0 cm³/mol. The normalized spacial score (nSPS) is 16.5. The summed E-state index contributed by atoms with van der Waals surface area (Å²) in [6, 6.07) is 4.30. The molecule has 1 aliphatic heterocycles. The first-order valence-corrected chi connectivity index (χ1v) is 9.90. The molecule has 124 valence electrons. The van der Waals surface area contributed by atoms with Gasteiger partial charge in [-0.25, -0.2) is 4.98 Å². The number of hydrogen-bond acceptors (Lipinski definition) is 5. The molecular formula is C17H23N3OS2. The summed E-state index contributed by atoms with van der Waals surface area (Å²) in [5.41, 5.74) is 2.93. The van der Waals surface area contributed by atoms with Crippen LogP contribution in [0.5, 0.6) is 0 Å². The van der Waals surface area contributed by atoms with Crippen LogP contribution in [0.2, 0.25) is 0 Å². The highest BCUT2D eigenvalue weighted by Crippen LogP contribution is 2.17. The molecule has 0 atom stereocenters. The Bertz CT molecular complexity index is 624. The SMILES string of the molecule is Cc1ncsc1CCC(=O)N1CCCN(Cc2cccs2)CC1. The predicted octanol–water partition coefficient (Wildman–Crippen LogP) is 3.18. The summed E-state index contributed by atoms with van der Waals surface area (Å²) in [5, 5.41) is 2.13. The highest BCUT2D eigenvalue weighted by atomic mass is 32.1. The quantitative estimate of drug-likeness (QED) is 0.832. The van der Waals surface area contributed by atoms with Gasteiger partial charge in [0.2, 0.25) is 5.91 Å². The van der Waals surface area contributed by atoms with E-state index in [9.17, 15) is 4.79 Å². The topological polar surface area (TPSA) is 36.4 Å². The van der Waals surface area contributed by atoms with E-state index in [2.05, 4.69) is 27.4 Å². The molecule has 1 fully saturated rings. The average molecular weight is 350 g/mol. The molecule has 2 aromatic rings. The molecule has 1 saturated heterocycles. The van der Waals surface area contributed by atoms with Crippen molar-refractivity contribution in [3.8, 4) is 0 Å². The summed E-state index contributed by atoms with van der Waals surface area (Å²) in [7, 11) is 0. The number of carbonyl (C=O) groups is 1. The first-order valence-electron chi connectivity index (χ1n) is 8.14. The number of hydrogen-bond donors (Lipinski definition) is 0. The summed E-state index contributed by atoms with van der Waals surface area (Å²) in [6.45, 7) is 6.83. The van der Waals surface area contributed by atoms with Gasteiger partial charge in [0.05, 0.1) is 11.2 Å². The van der Waals surface area contributed by atoms with E-state index in [4.69, 9.17) is 0 Å². The minimum Gasteiger partial charge on any atom is -0.341 e. The second kappa shape index (κ2) is 8.04. The standard InChI is InChI=1S/C17H23N3OS2/c1-14-16(23-13-18-14)5-6-17(21)20-8-3-7-19(9-10-20)12-15-4-2-11-22-15/h2,4,11,13H,3,5-10,12H2,1H3. The summed E-state index contributed by atoms with van der Waals surface area (Å²) in [5.74, 6) is 0.288. The third-order valence-corrected chi connectivity index (χ3v) is 6.17. The molecule has 0 unspecified atom stereocenters. The zero-order valence-electron chi connectivity index (χ0n) is 13.5. The second-order valence-electron chi connectivity index (χ2n) is 5.95. The van der Waals surface area contributed by atoms with Gasteiger partial charge in [-0.05, 0) is 31.2 Å². The number of nitrogens with zero attached hydrogens (tertiary/aromatic N) is 3. The van der Waals surface area contributed by atoms with E-state index in [0.717, 1.165) is 51.3 Å². The van der Waals surface area contributed by atoms with Crippen molar-refractivity contribution in [3.05, 3.63) is 38.5 Å². The lowest BCUT2D eigenvalue weighted by Crippen LogP contribution is -2.35. The maximum absolute atomic E-state index is 12.5. The van der Waals surface area contributed by atoms with Crippen molar-refractivity contribution in [2.24, 2.45) is 0 Å². The molecule has 23 heavy (non-hydrogen) atoms. The van der Waals surface area contributed by atoms with Crippen LogP contribution in [0.4, 0.5) is 0 Å². The van der Waals surface area contributed by atoms with Crippen molar-refractivity contribution in [1.82, 2.24) is 14.8 Å². The van der Waals surface area contributed by atoms with Gasteiger partial charge >= 0.3 is 0 Å². The lowest BCUT2D eigenvalue weighted by molar-refractivity contribution is -0.131. The van der Waals surface area contributed by atoms with Gasteiger partial charge in [0.25, 0.3) is 0 Å². The first-order chi connectivity index (χ1) is 11.2. The van der Waals surface area contributed by atoms with E-state index in [1.807, 2.05) is 28.7 Å². The van der Waals surface area contributed by atoms with Crippen LogP contribution in [0.3, 0.4) is 0 Å². The zero-order valence-corrected chi connectivity index (χ0v) is 15.2. The maximum atomic E-state index is 12.5. The van der Waals surface area contributed by atoms with Gasteiger partial charge in [0, 0.05) is 48.9 Å². The molecule has 0 radical (unpaired) electrons.